The first-order valence-corrected chi connectivity index (χ1v) is 7.97. The Labute approximate surface area is 149 Å². The second kappa shape index (κ2) is 7.26. The zero-order valence-corrected chi connectivity index (χ0v) is 14.3. The number of anilines is 1. The molecule has 0 bridgehead atoms. The number of rotatable bonds is 5. The lowest BCUT2D eigenvalue weighted by Gasteiger charge is -2.14. The van der Waals surface area contributed by atoms with Crippen LogP contribution < -0.4 is 19.9 Å². The first-order valence-electron chi connectivity index (χ1n) is 7.97. The number of ether oxygens (including phenoxy) is 2. The number of amides is 2. The fourth-order valence-corrected chi connectivity index (χ4v) is 2.57. The van der Waals surface area contributed by atoms with Crippen LogP contribution in [0.2, 0.25) is 0 Å². The summed E-state index contributed by atoms with van der Waals surface area (Å²) in [4.78, 5) is 24.7. The third-order valence-corrected chi connectivity index (χ3v) is 3.76. The van der Waals surface area contributed by atoms with Crippen LogP contribution in [0.1, 0.15) is 12.5 Å². The average Bonchev–Trinajstić information content (AvgIpc) is 2.91. The van der Waals surface area contributed by atoms with Gasteiger partial charge < -0.3 is 9.47 Å². The Morgan fingerprint density at radius 2 is 1.96 bits per heavy atom. The van der Waals surface area contributed by atoms with Crippen LogP contribution in [-0.2, 0) is 9.59 Å². The lowest BCUT2D eigenvalue weighted by molar-refractivity contribution is -0.117. The first-order chi connectivity index (χ1) is 12.5. The molecular weight excluding hydrogens is 339 g/mol. The number of hydrogen-bond donors (Lipinski definition) is 1. The largest absolute Gasteiger partial charge is 0.493 e. The third-order valence-electron chi connectivity index (χ3n) is 3.76. The molecule has 26 heavy (non-hydrogen) atoms. The molecule has 1 aliphatic heterocycles. The standard InChI is InChI=1S/C19H17FN2O4/c1-3-26-16-8-7-12(10-17(16)25-2)9-15-18(23)21-22(19(15)24)14-6-4-5-13(20)11-14/h4-11H,3H2,1-2H3,(H,21,23). The van der Waals surface area contributed by atoms with Crippen molar-refractivity contribution in [3.63, 3.8) is 0 Å². The highest BCUT2D eigenvalue weighted by Gasteiger charge is 2.34. The molecule has 1 N–H and O–H groups in total. The Morgan fingerprint density at radius 3 is 2.65 bits per heavy atom. The van der Waals surface area contributed by atoms with Crippen molar-refractivity contribution in [2.45, 2.75) is 6.92 Å². The number of halogens is 1. The highest BCUT2D eigenvalue weighted by Crippen LogP contribution is 2.30. The van der Waals surface area contributed by atoms with Crippen molar-refractivity contribution in [1.29, 1.82) is 0 Å². The van der Waals surface area contributed by atoms with Gasteiger partial charge in [-0.1, -0.05) is 12.1 Å². The van der Waals surface area contributed by atoms with Gasteiger partial charge in [0, 0.05) is 0 Å². The van der Waals surface area contributed by atoms with Gasteiger partial charge in [-0.05, 0) is 48.9 Å². The van der Waals surface area contributed by atoms with E-state index in [9.17, 15) is 14.0 Å². The average molecular weight is 356 g/mol. The highest BCUT2D eigenvalue weighted by molar-refractivity contribution is 6.31. The van der Waals surface area contributed by atoms with Crippen LogP contribution in [0, 0.1) is 5.82 Å². The maximum absolute atomic E-state index is 13.4. The minimum atomic E-state index is -0.563. The van der Waals surface area contributed by atoms with Crippen LogP contribution in [0.15, 0.2) is 48.0 Å². The molecule has 2 amide bonds. The van der Waals surface area contributed by atoms with Gasteiger partial charge >= 0.3 is 0 Å². The number of hydrogen-bond acceptors (Lipinski definition) is 4. The maximum Gasteiger partial charge on any atom is 0.282 e. The predicted molar refractivity (Wildman–Crippen MR) is 94.2 cm³/mol. The summed E-state index contributed by atoms with van der Waals surface area (Å²) in [5, 5.41) is 1.02. The lowest BCUT2D eigenvalue weighted by Crippen LogP contribution is -2.35. The van der Waals surface area contributed by atoms with Crippen molar-refractivity contribution in [2.24, 2.45) is 0 Å². The Kier molecular flexibility index (Phi) is 4.88. The van der Waals surface area contributed by atoms with E-state index in [1.807, 2.05) is 6.92 Å². The predicted octanol–water partition coefficient (Wildman–Crippen LogP) is 2.69. The fraction of sp³-hybridized carbons (Fsp3) is 0.158. The van der Waals surface area contributed by atoms with Gasteiger partial charge in [-0.3, -0.25) is 15.0 Å². The van der Waals surface area contributed by atoms with Gasteiger partial charge in [0.1, 0.15) is 11.4 Å². The summed E-state index contributed by atoms with van der Waals surface area (Å²) in [7, 11) is 1.51. The molecule has 0 aromatic heterocycles. The molecular formula is C19H17FN2O4. The van der Waals surface area contributed by atoms with Crippen molar-refractivity contribution < 1.29 is 23.5 Å². The molecule has 0 saturated carbocycles. The minimum Gasteiger partial charge on any atom is -0.493 e. The van der Waals surface area contributed by atoms with E-state index < -0.39 is 17.6 Å². The summed E-state index contributed by atoms with van der Waals surface area (Å²) >= 11 is 0. The van der Waals surface area contributed by atoms with Gasteiger partial charge in [-0.25, -0.2) is 9.40 Å². The van der Waals surface area contributed by atoms with Gasteiger partial charge in [0.15, 0.2) is 11.5 Å². The minimum absolute atomic E-state index is 0.0551. The van der Waals surface area contributed by atoms with Crippen LogP contribution in [0.25, 0.3) is 6.08 Å². The van der Waals surface area contributed by atoms with Gasteiger partial charge in [-0.2, -0.15) is 0 Å². The van der Waals surface area contributed by atoms with Crippen LogP contribution in [0.5, 0.6) is 11.5 Å². The van der Waals surface area contributed by atoms with Gasteiger partial charge in [0.2, 0.25) is 0 Å². The molecule has 0 spiro atoms. The van der Waals surface area contributed by atoms with E-state index >= 15 is 0 Å². The zero-order chi connectivity index (χ0) is 18.7. The Hall–Kier alpha value is -3.35. The summed E-state index contributed by atoms with van der Waals surface area (Å²) in [5.74, 6) is -0.562. The van der Waals surface area contributed by atoms with Gasteiger partial charge in [0.25, 0.3) is 11.8 Å². The molecule has 134 valence electrons. The summed E-state index contributed by atoms with van der Waals surface area (Å²) < 4.78 is 24.1. The second-order valence-corrected chi connectivity index (χ2v) is 5.46. The number of carbonyl (C=O) groups excluding carboxylic acids is 2. The summed E-state index contributed by atoms with van der Waals surface area (Å²) in [6.45, 7) is 2.35. The van der Waals surface area contributed by atoms with Crippen molar-refractivity contribution in [1.82, 2.24) is 5.43 Å². The van der Waals surface area contributed by atoms with Crippen LogP contribution in [0.3, 0.4) is 0 Å². The maximum atomic E-state index is 13.4. The number of carbonyl (C=O) groups is 2. The van der Waals surface area contributed by atoms with Crippen molar-refractivity contribution in [2.75, 3.05) is 18.7 Å². The molecule has 1 fully saturated rings. The topological polar surface area (TPSA) is 67.9 Å². The van der Waals surface area contributed by atoms with Crippen molar-refractivity contribution in [3.8, 4) is 11.5 Å². The molecule has 0 aliphatic carbocycles. The summed E-state index contributed by atoms with van der Waals surface area (Å²) in [5.41, 5.74) is 3.22. The molecule has 3 rings (SSSR count). The van der Waals surface area contributed by atoms with Crippen molar-refractivity contribution >= 4 is 23.6 Å². The van der Waals surface area contributed by atoms with E-state index in [-0.39, 0.29) is 11.3 Å². The van der Waals surface area contributed by atoms with Crippen LogP contribution in [-0.4, -0.2) is 25.5 Å². The quantitative estimate of drug-likeness (QED) is 0.661. The molecule has 1 heterocycles. The Balaban J connectivity index is 1.91. The highest BCUT2D eigenvalue weighted by atomic mass is 19.1. The number of nitrogens with one attached hydrogen (secondary N) is 1. The Morgan fingerprint density at radius 1 is 1.15 bits per heavy atom. The van der Waals surface area contributed by atoms with E-state index in [4.69, 9.17) is 9.47 Å². The molecule has 6 nitrogen and oxygen atoms in total. The number of methoxy groups -OCH3 is 1. The molecule has 0 atom stereocenters. The second-order valence-electron chi connectivity index (χ2n) is 5.46. The van der Waals surface area contributed by atoms with E-state index in [1.165, 1.54) is 37.5 Å². The molecule has 7 heteroatoms. The van der Waals surface area contributed by atoms with E-state index in [0.717, 1.165) is 5.01 Å². The van der Waals surface area contributed by atoms with Crippen LogP contribution in [0.4, 0.5) is 10.1 Å². The smallest absolute Gasteiger partial charge is 0.282 e. The van der Waals surface area contributed by atoms with E-state index in [1.54, 1.807) is 18.2 Å². The van der Waals surface area contributed by atoms with E-state index in [0.29, 0.717) is 23.7 Å². The zero-order valence-electron chi connectivity index (χ0n) is 14.3. The number of nitrogens with zero attached hydrogens (tertiary/aromatic N) is 1. The number of hydrazine groups is 1. The fourth-order valence-electron chi connectivity index (χ4n) is 2.57. The molecule has 1 aliphatic rings. The van der Waals surface area contributed by atoms with Crippen molar-refractivity contribution in [3.05, 3.63) is 59.4 Å². The first kappa shape index (κ1) is 17.5. The van der Waals surface area contributed by atoms with E-state index in [2.05, 4.69) is 5.43 Å². The monoisotopic (exact) mass is 356 g/mol. The van der Waals surface area contributed by atoms with Gasteiger partial charge in [-0.15, -0.1) is 0 Å². The number of benzene rings is 2. The Bertz CT molecular complexity index is 895. The summed E-state index contributed by atoms with van der Waals surface area (Å²) in [6.07, 6.45) is 1.45. The molecule has 2 aromatic rings. The SMILES string of the molecule is CCOc1ccc(C=C2C(=O)NN(c3cccc(F)c3)C2=O)cc1OC. The normalized spacial score (nSPS) is 15.3. The van der Waals surface area contributed by atoms with Gasteiger partial charge in [0.05, 0.1) is 19.4 Å². The molecule has 0 unspecified atom stereocenters. The molecule has 0 radical (unpaired) electrons. The third kappa shape index (κ3) is 3.37. The molecule has 1 saturated heterocycles. The van der Waals surface area contributed by atoms with Crippen LogP contribution >= 0.6 is 0 Å². The molecule has 2 aromatic carbocycles. The summed E-state index contributed by atoms with van der Waals surface area (Å²) in [6, 6.07) is 10.5. The lowest BCUT2D eigenvalue weighted by atomic mass is 10.1.